The molecule has 0 saturated heterocycles. The van der Waals surface area contributed by atoms with Crippen LogP contribution in [0.4, 0.5) is 5.69 Å². The molecule has 158 valence electrons. The molecule has 2 N–H and O–H groups in total. The SMILES string of the molecule is CC1=NC(SCC(=O)NC2CC2)=C(C#N)[C@H](c2cccs2)C1C(=O)Nc1ccccc1. The number of para-hydroxylation sites is 1. The molecule has 0 spiro atoms. The molecule has 0 radical (unpaired) electrons. The molecule has 1 fully saturated rings. The lowest BCUT2D eigenvalue weighted by atomic mass is 9.80. The Morgan fingerprint density at radius 2 is 2.00 bits per heavy atom. The maximum atomic E-state index is 13.3. The van der Waals surface area contributed by atoms with Crippen molar-refractivity contribution in [2.45, 2.75) is 31.7 Å². The van der Waals surface area contributed by atoms with Crippen molar-refractivity contribution < 1.29 is 9.59 Å². The first-order valence-corrected chi connectivity index (χ1v) is 11.9. The molecule has 1 aliphatic carbocycles. The van der Waals surface area contributed by atoms with Gasteiger partial charge in [-0.2, -0.15) is 5.26 Å². The highest BCUT2D eigenvalue weighted by Crippen LogP contribution is 2.43. The molecule has 1 aliphatic heterocycles. The smallest absolute Gasteiger partial charge is 0.234 e. The van der Waals surface area contributed by atoms with E-state index in [0.717, 1.165) is 17.7 Å². The molecule has 2 atom stereocenters. The van der Waals surface area contributed by atoms with Gasteiger partial charge in [0.15, 0.2) is 0 Å². The van der Waals surface area contributed by atoms with Crippen LogP contribution in [0.1, 0.15) is 30.6 Å². The van der Waals surface area contributed by atoms with Crippen molar-refractivity contribution in [3.8, 4) is 6.07 Å². The van der Waals surface area contributed by atoms with Crippen molar-refractivity contribution in [1.82, 2.24) is 5.32 Å². The number of hydrogen-bond donors (Lipinski definition) is 2. The van der Waals surface area contributed by atoms with Crippen LogP contribution < -0.4 is 10.6 Å². The Labute approximate surface area is 189 Å². The third-order valence-electron chi connectivity index (χ3n) is 5.18. The molecule has 2 amide bonds. The highest BCUT2D eigenvalue weighted by molar-refractivity contribution is 8.03. The van der Waals surface area contributed by atoms with Crippen LogP contribution in [-0.4, -0.2) is 29.3 Å². The van der Waals surface area contributed by atoms with Crippen LogP contribution in [0.5, 0.6) is 0 Å². The number of nitrogens with one attached hydrogen (secondary N) is 2. The summed E-state index contributed by atoms with van der Waals surface area (Å²) in [6.07, 6.45) is 2.05. The van der Waals surface area contributed by atoms with Crippen LogP contribution in [-0.2, 0) is 9.59 Å². The summed E-state index contributed by atoms with van der Waals surface area (Å²) in [6, 6.07) is 15.7. The predicted octanol–water partition coefficient (Wildman–Crippen LogP) is 4.31. The maximum Gasteiger partial charge on any atom is 0.234 e. The minimum absolute atomic E-state index is 0.0539. The first-order chi connectivity index (χ1) is 15.1. The zero-order valence-corrected chi connectivity index (χ0v) is 18.6. The molecule has 6 nitrogen and oxygen atoms in total. The molecule has 4 rings (SSSR count). The van der Waals surface area contributed by atoms with E-state index in [9.17, 15) is 14.9 Å². The van der Waals surface area contributed by atoms with E-state index in [1.54, 1.807) is 0 Å². The number of carbonyl (C=O) groups is 2. The van der Waals surface area contributed by atoms with E-state index in [4.69, 9.17) is 0 Å². The summed E-state index contributed by atoms with van der Waals surface area (Å²) in [5.41, 5.74) is 1.77. The quantitative estimate of drug-likeness (QED) is 0.657. The number of allylic oxidation sites excluding steroid dienone is 1. The Hall–Kier alpha value is -2.89. The van der Waals surface area contributed by atoms with E-state index < -0.39 is 11.8 Å². The Balaban J connectivity index is 1.61. The molecule has 31 heavy (non-hydrogen) atoms. The van der Waals surface area contributed by atoms with Gasteiger partial charge in [-0.1, -0.05) is 36.0 Å². The molecular weight excluding hydrogens is 428 g/mol. The van der Waals surface area contributed by atoms with Gasteiger partial charge in [-0.05, 0) is 43.3 Å². The molecule has 2 aromatic rings. The molecule has 1 unspecified atom stereocenters. The largest absolute Gasteiger partial charge is 0.353 e. The number of hydrogen-bond acceptors (Lipinski definition) is 6. The van der Waals surface area contributed by atoms with Crippen LogP contribution in [0.3, 0.4) is 0 Å². The van der Waals surface area contributed by atoms with Crippen LogP contribution in [0, 0.1) is 17.2 Å². The average Bonchev–Trinajstić information content (AvgIpc) is 3.40. The highest BCUT2D eigenvalue weighted by Gasteiger charge is 2.40. The third kappa shape index (κ3) is 5.06. The summed E-state index contributed by atoms with van der Waals surface area (Å²) in [5.74, 6) is -1.08. The predicted molar refractivity (Wildman–Crippen MR) is 125 cm³/mol. The van der Waals surface area contributed by atoms with Crippen LogP contribution in [0.25, 0.3) is 0 Å². The van der Waals surface area contributed by atoms with Gasteiger partial charge in [-0.15, -0.1) is 11.3 Å². The zero-order valence-electron chi connectivity index (χ0n) is 17.0. The molecule has 2 aliphatic rings. The lowest BCUT2D eigenvalue weighted by molar-refractivity contribution is -0.119. The summed E-state index contributed by atoms with van der Waals surface area (Å²) in [7, 11) is 0. The normalized spacial score (nSPS) is 20.6. The molecule has 2 heterocycles. The monoisotopic (exact) mass is 450 g/mol. The lowest BCUT2D eigenvalue weighted by Crippen LogP contribution is -2.36. The standard InChI is InChI=1S/C23H22N4O2S2/c1-14-20(22(29)27-15-6-3-2-4-7-15)21(18-8-5-11-30-18)17(12-24)23(25-14)31-13-19(28)26-16-9-10-16/h2-8,11,16,20-21H,9-10,13H2,1H3,(H,26,28)(H,27,29)/t20?,21-/m1/s1. The fourth-order valence-electron chi connectivity index (χ4n) is 3.55. The van der Waals surface area contributed by atoms with Gasteiger partial charge in [0.1, 0.15) is 5.03 Å². The maximum absolute atomic E-state index is 13.3. The number of nitriles is 1. The number of carbonyl (C=O) groups excluding carboxylic acids is 2. The summed E-state index contributed by atoms with van der Waals surface area (Å²) < 4.78 is 0. The van der Waals surface area contributed by atoms with Gasteiger partial charge in [0.05, 0.1) is 23.3 Å². The van der Waals surface area contributed by atoms with Gasteiger partial charge in [0.2, 0.25) is 11.8 Å². The molecule has 1 aromatic carbocycles. The lowest BCUT2D eigenvalue weighted by Gasteiger charge is -2.30. The number of benzene rings is 1. The molecular formula is C23H22N4O2S2. The first kappa shape index (κ1) is 21.3. The second-order valence-electron chi connectivity index (χ2n) is 7.54. The number of thiophene rings is 1. The molecule has 8 heteroatoms. The van der Waals surface area contributed by atoms with Crippen LogP contribution in [0.2, 0.25) is 0 Å². The van der Waals surface area contributed by atoms with Gasteiger partial charge >= 0.3 is 0 Å². The number of nitrogens with zero attached hydrogens (tertiary/aromatic N) is 2. The molecule has 1 saturated carbocycles. The number of thioether (sulfide) groups is 1. The van der Waals surface area contributed by atoms with Crippen molar-refractivity contribution in [2.75, 3.05) is 11.1 Å². The summed E-state index contributed by atoms with van der Waals surface area (Å²) in [6.45, 7) is 1.81. The second-order valence-corrected chi connectivity index (χ2v) is 9.48. The van der Waals surface area contributed by atoms with Gasteiger partial charge < -0.3 is 10.6 Å². The van der Waals surface area contributed by atoms with E-state index in [1.165, 1.54) is 23.1 Å². The molecule has 0 bridgehead atoms. The average molecular weight is 451 g/mol. The van der Waals surface area contributed by atoms with Gasteiger partial charge in [0, 0.05) is 28.2 Å². The van der Waals surface area contributed by atoms with E-state index in [2.05, 4.69) is 21.7 Å². The topological polar surface area (TPSA) is 94.3 Å². The minimum atomic E-state index is -0.599. The number of aliphatic imine (C=N–C) groups is 1. The Kier molecular flexibility index (Phi) is 6.54. The minimum Gasteiger partial charge on any atom is -0.353 e. The van der Waals surface area contributed by atoms with Gasteiger partial charge in [-0.3, -0.25) is 9.59 Å². The van der Waals surface area contributed by atoms with E-state index in [1.807, 2.05) is 54.8 Å². The van der Waals surface area contributed by atoms with E-state index in [-0.39, 0.29) is 17.6 Å². The Bertz CT molecular complexity index is 1070. The zero-order chi connectivity index (χ0) is 21.8. The van der Waals surface area contributed by atoms with Crippen molar-refractivity contribution in [3.63, 3.8) is 0 Å². The van der Waals surface area contributed by atoms with E-state index >= 15 is 0 Å². The Morgan fingerprint density at radius 3 is 2.65 bits per heavy atom. The number of amides is 2. The second kappa shape index (κ2) is 9.50. The number of rotatable bonds is 7. The summed E-state index contributed by atoms with van der Waals surface area (Å²) >= 11 is 2.77. The van der Waals surface area contributed by atoms with Crippen molar-refractivity contribution in [1.29, 1.82) is 5.26 Å². The van der Waals surface area contributed by atoms with E-state index in [0.29, 0.717) is 28.0 Å². The molecule has 1 aromatic heterocycles. The van der Waals surface area contributed by atoms with Crippen LogP contribution >= 0.6 is 23.1 Å². The highest BCUT2D eigenvalue weighted by atomic mass is 32.2. The first-order valence-electron chi connectivity index (χ1n) is 10.1. The van der Waals surface area contributed by atoms with Crippen molar-refractivity contribution in [2.24, 2.45) is 10.9 Å². The van der Waals surface area contributed by atoms with Crippen molar-refractivity contribution >= 4 is 46.3 Å². The fourth-order valence-corrected chi connectivity index (χ4v) is 5.31. The van der Waals surface area contributed by atoms with Crippen LogP contribution in [0.15, 0.2) is 63.4 Å². The summed E-state index contributed by atoms with van der Waals surface area (Å²) in [5, 5.41) is 18.4. The van der Waals surface area contributed by atoms with Gasteiger partial charge in [0.25, 0.3) is 0 Å². The third-order valence-corrected chi connectivity index (χ3v) is 7.13. The Morgan fingerprint density at radius 1 is 1.23 bits per heavy atom. The van der Waals surface area contributed by atoms with Crippen molar-refractivity contribution in [3.05, 3.63) is 63.3 Å². The summed E-state index contributed by atoms with van der Waals surface area (Å²) in [4.78, 5) is 30.9. The van der Waals surface area contributed by atoms with Gasteiger partial charge in [-0.25, -0.2) is 4.99 Å². The fraction of sp³-hybridized carbons (Fsp3) is 0.304. The number of anilines is 1.